The molecule has 1 aromatic carbocycles. The molecule has 132 valence electrons. The maximum Gasteiger partial charge on any atom is 0.254 e. The lowest BCUT2D eigenvalue weighted by Gasteiger charge is -2.10. The molecule has 1 amide bonds. The number of amides is 1. The molecule has 1 aromatic heterocycles. The molecular weight excluding hydrogens is 342 g/mol. The third-order valence-electron chi connectivity index (χ3n) is 4.19. The van der Waals surface area contributed by atoms with Crippen LogP contribution in [0.3, 0.4) is 0 Å². The van der Waals surface area contributed by atoms with Gasteiger partial charge in [-0.3, -0.25) is 9.48 Å². The van der Waals surface area contributed by atoms with Crippen LogP contribution in [0.1, 0.15) is 35.7 Å². The van der Waals surface area contributed by atoms with Gasteiger partial charge in [-0.05, 0) is 43.5 Å². The Morgan fingerprint density at radius 3 is 2.56 bits per heavy atom. The molecule has 4 N–H and O–H groups in total. The molecule has 1 aliphatic carbocycles. The number of nitrogens with one attached hydrogen (secondary N) is 2. The van der Waals surface area contributed by atoms with E-state index in [4.69, 9.17) is 11.1 Å². The minimum atomic E-state index is -3.27. The van der Waals surface area contributed by atoms with E-state index in [0.717, 1.165) is 25.5 Å². The maximum atomic E-state index is 11.7. The summed E-state index contributed by atoms with van der Waals surface area (Å²) < 4.78 is 24.6. The number of hydrogen-bond acceptors (Lipinski definition) is 6. The van der Waals surface area contributed by atoms with Crippen LogP contribution in [0.2, 0.25) is 0 Å². The quantitative estimate of drug-likeness (QED) is 0.748. The van der Waals surface area contributed by atoms with E-state index in [2.05, 4.69) is 10.4 Å². The van der Waals surface area contributed by atoms with Gasteiger partial charge in [0.25, 0.3) is 5.91 Å². The summed E-state index contributed by atoms with van der Waals surface area (Å²) in [5, 5.41) is 15.3. The van der Waals surface area contributed by atoms with E-state index >= 15 is 0 Å². The van der Waals surface area contributed by atoms with Gasteiger partial charge in [-0.1, -0.05) is 0 Å². The van der Waals surface area contributed by atoms with Gasteiger partial charge in [0.15, 0.2) is 15.7 Å². The molecule has 0 spiro atoms. The Morgan fingerprint density at radius 2 is 2.04 bits per heavy atom. The SMILES string of the molecule is CS(=O)(=O)c1ccc(Nc2nn([C@H]3CCCC3=N)cc2C(N)=O)cc1. The van der Waals surface area contributed by atoms with Gasteiger partial charge < -0.3 is 16.5 Å². The minimum absolute atomic E-state index is 0.152. The fraction of sp³-hybridized carbons (Fsp3) is 0.312. The fourth-order valence-electron chi connectivity index (χ4n) is 2.86. The first-order valence-corrected chi connectivity index (χ1v) is 9.68. The average molecular weight is 361 g/mol. The molecule has 25 heavy (non-hydrogen) atoms. The lowest BCUT2D eigenvalue weighted by molar-refractivity contribution is 0.100. The molecule has 0 radical (unpaired) electrons. The van der Waals surface area contributed by atoms with Gasteiger partial charge in [0.05, 0.1) is 10.9 Å². The van der Waals surface area contributed by atoms with E-state index in [0.29, 0.717) is 17.2 Å². The van der Waals surface area contributed by atoms with Crippen LogP contribution in [-0.2, 0) is 9.84 Å². The van der Waals surface area contributed by atoms with Crippen molar-refractivity contribution in [2.45, 2.75) is 30.2 Å². The van der Waals surface area contributed by atoms with Crippen molar-refractivity contribution in [3.8, 4) is 0 Å². The highest BCUT2D eigenvalue weighted by Crippen LogP contribution is 2.29. The first-order chi connectivity index (χ1) is 11.8. The number of sulfone groups is 1. The van der Waals surface area contributed by atoms with Gasteiger partial charge in [-0.2, -0.15) is 5.10 Å². The smallest absolute Gasteiger partial charge is 0.254 e. The molecule has 9 heteroatoms. The van der Waals surface area contributed by atoms with E-state index in [1.165, 1.54) is 12.1 Å². The van der Waals surface area contributed by atoms with Crippen LogP contribution in [0.4, 0.5) is 11.5 Å². The zero-order valence-corrected chi connectivity index (χ0v) is 14.5. The van der Waals surface area contributed by atoms with Crippen LogP contribution in [0, 0.1) is 5.41 Å². The molecule has 0 aliphatic heterocycles. The van der Waals surface area contributed by atoms with E-state index in [9.17, 15) is 13.2 Å². The van der Waals surface area contributed by atoms with Crippen molar-refractivity contribution < 1.29 is 13.2 Å². The normalized spacial score (nSPS) is 17.6. The number of carbonyl (C=O) groups is 1. The Kier molecular flexibility index (Phi) is 4.34. The Bertz CT molecular complexity index is 931. The summed E-state index contributed by atoms with van der Waals surface area (Å²) in [7, 11) is -3.27. The van der Waals surface area contributed by atoms with Gasteiger partial charge >= 0.3 is 0 Å². The van der Waals surface area contributed by atoms with Crippen molar-refractivity contribution in [2.75, 3.05) is 11.6 Å². The van der Waals surface area contributed by atoms with Crippen LogP contribution in [-0.4, -0.2) is 36.1 Å². The maximum absolute atomic E-state index is 11.7. The Labute approximate surface area is 145 Å². The second kappa shape index (κ2) is 6.32. The highest BCUT2D eigenvalue weighted by Gasteiger charge is 2.26. The highest BCUT2D eigenvalue weighted by atomic mass is 32.2. The number of rotatable bonds is 5. The molecule has 0 saturated heterocycles. The van der Waals surface area contributed by atoms with Crippen LogP contribution < -0.4 is 11.1 Å². The predicted molar refractivity (Wildman–Crippen MR) is 94.2 cm³/mol. The van der Waals surface area contributed by atoms with Crippen molar-refractivity contribution >= 4 is 33.0 Å². The van der Waals surface area contributed by atoms with E-state index in [-0.39, 0.29) is 16.5 Å². The number of nitrogens with two attached hydrogens (primary N) is 1. The molecule has 1 atom stereocenters. The van der Waals surface area contributed by atoms with Crippen molar-refractivity contribution in [3.05, 3.63) is 36.0 Å². The molecular formula is C16H19N5O3S. The van der Waals surface area contributed by atoms with Gasteiger partial charge in [0, 0.05) is 23.9 Å². The highest BCUT2D eigenvalue weighted by molar-refractivity contribution is 7.90. The molecule has 3 rings (SSSR count). The van der Waals surface area contributed by atoms with Crippen molar-refractivity contribution in [1.29, 1.82) is 5.41 Å². The zero-order chi connectivity index (χ0) is 18.2. The third kappa shape index (κ3) is 3.55. The topological polar surface area (TPSA) is 131 Å². The molecule has 0 unspecified atom stereocenters. The summed E-state index contributed by atoms with van der Waals surface area (Å²) in [4.78, 5) is 11.9. The number of anilines is 2. The second-order valence-electron chi connectivity index (χ2n) is 6.09. The van der Waals surface area contributed by atoms with Crippen LogP contribution in [0.5, 0.6) is 0 Å². The van der Waals surface area contributed by atoms with Gasteiger partial charge in [-0.15, -0.1) is 0 Å². The van der Waals surface area contributed by atoms with Crippen molar-refractivity contribution in [2.24, 2.45) is 5.73 Å². The number of primary amides is 1. The van der Waals surface area contributed by atoms with Crippen molar-refractivity contribution in [3.63, 3.8) is 0 Å². The lowest BCUT2D eigenvalue weighted by Crippen LogP contribution is -2.14. The van der Waals surface area contributed by atoms with Crippen LogP contribution in [0.15, 0.2) is 35.4 Å². The summed E-state index contributed by atoms with van der Waals surface area (Å²) in [5.74, 6) is -0.328. The van der Waals surface area contributed by atoms with Gasteiger partial charge in [0.1, 0.15) is 5.56 Å². The summed E-state index contributed by atoms with van der Waals surface area (Å²) in [6.45, 7) is 0. The molecule has 1 heterocycles. The number of hydrogen-bond donors (Lipinski definition) is 3. The number of aromatic nitrogens is 2. The lowest BCUT2D eigenvalue weighted by atomic mass is 10.2. The Hall–Kier alpha value is -2.68. The Balaban J connectivity index is 1.90. The average Bonchev–Trinajstić information content (AvgIpc) is 3.13. The molecule has 0 bridgehead atoms. The van der Waals surface area contributed by atoms with Crippen molar-refractivity contribution in [1.82, 2.24) is 9.78 Å². The van der Waals surface area contributed by atoms with E-state index < -0.39 is 15.7 Å². The van der Waals surface area contributed by atoms with Gasteiger partial charge in [-0.25, -0.2) is 8.42 Å². The number of nitrogens with zero attached hydrogens (tertiary/aromatic N) is 2. The third-order valence-corrected chi connectivity index (χ3v) is 5.32. The molecule has 1 aliphatic rings. The molecule has 8 nitrogen and oxygen atoms in total. The van der Waals surface area contributed by atoms with E-state index in [1.54, 1.807) is 23.0 Å². The van der Waals surface area contributed by atoms with Gasteiger partial charge in [0.2, 0.25) is 0 Å². The molecule has 1 fully saturated rings. The first-order valence-electron chi connectivity index (χ1n) is 7.79. The van der Waals surface area contributed by atoms with Crippen LogP contribution >= 0.6 is 0 Å². The largest absolute Gasteiger partial charge is 0.365 e. The second-order valence-corrected chi connectivity index (χ2v) is 8.11. The Morgan fingerprint density at radius 1 is 1.36 bits per heavy atom. The predicted octanol–water partition coefficient (Wildman–Crippen LogP) is 1.87. The molecule has 1 saturated carbocycles. The number of carbonyl (C=O) groups excluding carboxylic acids is 1. The zero-order valence-electron chi connectivity index (χ0n) is 13.7. The summed E-state index contributed by atoms with van der Waals surface area (Å²) in [6.07, 6.45) is 5.15. The summed E-state index contributed by atoms with van der Waals surface area (Å²) >= 11 is 0. The first kappa shape index (κ1) is 17.2. The van der Waals surface area contributed by atoms with E-state index in [1.807, 2.05) is 0 Å². The van der Waals surface area contributed by atoms with Crippen LogP contribution in [0.25, 0.3) is 0 Å². The standard InChI is InChI=1S/C16H19N5O3S/c1-25(23,24)11-7-5-10(6-8-11)19-16-12(15(18)22)9-21(20-16)14-4-2-3-13(14)17/h5-9,14,17H,2-4H2,1H3,(H2,18,22)(H,19,20)/t14-/m0/s1. The molecule has 2 aromatic rings. The monoisotopic (exact) mass is 361 g/mol. The summed E-state index contributed by atoms with van der Waals surface area (Å²) in [5.41, 5.74) is 6.83. The fourth-order valence-corrected chi connectivity index (χ4v) is 3.50. The summed E-state index contributed by atoms with van der Waals surface area (Å²) in [6, 6.07) is 5.99. The minimum Gasteiger partial charge on any atom is -0.365 e. The number of benzene rings is 1.